The standard InChI is InChI=1S/C12H18N2O2S/c1-14(9-5-3-2-4-6-9)7-10-11(12(15)16)13-8-17-10/h8-9H,2-7H2,1H3,(H,15,16). The van der Waals surface area contributed by atoms with Crippen molar-refractivity contribution in [2.24, 2.45) is 0 Å². The highest BCUT2D eigenvalue weighted by Gasteiger charge is 2.21. The summed E-state index contributed by atoms with van der Waals surface area (Å²) in [4.78, 5) is 18.0. The van der Waals surface area contributed by atoms with Crippen LogP contribution in [0, 0.1) is 0 Å². The maximum atomic E-state index is 11.0. The molecule has 0 amide bonds. The van der Waals surface area contributed by atoms with Crippen LogP contribution in [0.25, 0.3) is 0 Å². The summed E-state index contributed by atoms with van der Waals surface area (Å²) in [7, 11) is 2.08. The van der Waals surface area contributed by atoms with Gasteiger partial charge in [0.2, 0.25) is 0 Å². The van der Waals surface area contributed by atoms with Crippen LogP contribution >= 0.6 is 11.3 Å². The Balaban J connectivity index is 1.99. The highest BCUT2D eigenvalue weighted by Crippen LogP contribution is 2.24. The van der Waals surface area contributed by atoms with Crippen molar-refractivity contribution in [2.75, 3.05) is 7.05 Å². The number of aromatic nitrogens is 1. The molecule has 0 spiro atoms. The lowest BCUT2D eigenvalue weighted by atomic mass is 9.94. The van der Waals surface area contributed by atoms with Crippen LogP contribution < -0.4 is 0 Å². The van der Waals surface area contributed by atoms with E-state index in [-0.39, 0.29) is 5.69 Å². The molecule has 94 valence electrons. The predicted molar refractivity (Wildman–Crippen MR) is 67.4 cm³/mol. The first-order valence-corrected chi connectivity index (χ1v) is 6.92. The Labute approximate surface area is 105 Å². The van der Waals surface area contributed by atoms with E-state index >= 15 is 0 Å². The molecule has 0 aliphatic heterocycles. The van der Waals surface area contributed by atoms with Gasteiger partial charge >= 0.3 is 5.97 Å². The maximum absolute atomic E-state index is 11.0. The van der Waals surface area contributed by atoms with Gasteiger partial charge in [-0.15, -0.1) is 11.3 Å². The van der Waals surface area contributed by atoms with E-state index in [1.54, 1.807) is 5.51 Å². The second-order valence-electron chi connectivity index (χ2n) is 4.64. The first-order valence-electron chi connectivity index (χ1n) is 6.04. The molecular weight excluding hydrogens is 236 g/mol. The van der Waals surface area contributed by atoms with Gasteiger partial charge in [0.15, 0.2) is 5.69 Å². The van der Waals surface area contributed by atoms with Crippen molar-refractivity contribution in [1.29, 1.82) is 0 Å². The van der Waals surface area contributed by atoms with Gasteiger partial charge in [0.1, 0.15) is 0 Å². The molecule has 0 aromatic carbocycles. The van der Waals surface area contributed by atoms with E-state index in [2.05, 4.69) is 16.9 Å². The number of rotatable bonds is 4. The molecule has 2 rings (SSSR count). The Morgan fingerprint density at radius 3 is 2.88 bits per heavy atom. The molecule has 4 nitrogen and oxygen atoms in total. The van der Waals surface area contributed by atoms with E-state index in [0.717, 1.165) is 4.88 Å². The normalized spacial score (nSPS) is 17.5. The molecule has 1 aromatic heterocycles. The fourth-order valence-corrected chi connectivity index (χ4v) is 3.25. The largest absolute Gasteiger partial charge is 0.476 e. The van der Waals surface area contributed by atoms with Gasteiger partial charge in [-0.25, -0.2) is 9.78 Å². The van der Waals surface area contributed by atoms with Crippen LogP contribution in [0.4, 0.5) is 0 Å². The summed E-state index contributed by atoms with van der Waals surface area (Å²) in [6, 6.07) is 0.604. The topological polar surface area (TPSA) is 53.4 Å². The minimum absolute atomic E-state index is 0.220. The quantitative estimate of drug-likeness (QED) is 0.897. The summed E-state index contributed by atoms with van der Waals surface area (Å²) < 4.78 is 0. The Kier molecular flexibility index (Phi) is 4.12. The first-order chi connectivity index (χ1) is 8.18. The van der Waals surface area contributed by atoms with Crippen LogP contribution in [-0.2, 0) is 6.54 Å². The number of nitrogens with zero attached hydrogens (tertiary/aromatic N) is 2. The van der Waals surface area contributed by atoms with Crippen LogP contribution in [-0.4, -0.2) is 34.0 Å². The lowest BCUT2D eigenvalue weighted by Crippen LogP contribution is -2.33. The van der Waals surface area contributed by atoms with Gasteiger partial charge in [-0.2, -0.15) is 0 Å². The van der Waals surface area contributed by atoms with Crippen molar-refractivity contribution >= 4 is 17.3 Å². The van der Waals surface area contributed by atoms with E-state index in [1.807, 2.05) is 0 Å². The SMILES string of the molecule is CN(Cc1scnc1C(=O)O)C1CCCCC1. The average Bonchev–Trinajstić information content (AvgIpc) is 2.78. The average molecular weight is 254 g/mol. The molecule has 0 atom stereocenters. The minimum Gasteiger partial charge on any atom is -0.476 e. The highest BCUT2D eigenvalue weighted by molar-refractivity contribution is 7.09. The molecule has 17 heavy (non-hydrogen) atoms. The Morgan fingerprint density at radius 1 is 1.53 bits per heavy atom. The van der Waals surface area contributed by atoms with Gasteiger partial charge in [0, 0.05) is 12.6 Å². The molecular formula is C12H18N2O2S. The summed E-state index contributed by atoms with van der Waals surface area (Å²) >= 11 is 1.44. The number of hydrogen-bond donors (Lipinski definition) is 1. The molecule has 0 radical (unpaired) electrons. The van der Waals surface area contributed by atoms with Gasteiger partial charge in [-0.05, 0) is 19.9 Å². The molecule has 1 heterocycles. The Hall–Kier alpha value is -0.940. The summed E-state index contributed by atoms with van der Waals surface area (Å²) in [5.74, 6) is -0.918. The smallest absolute Gasteiger partial charge is 0.355 e. The second kappa shape index (κ2) is 5.60. The summed E-state index contributed by atoms with van der Waals surface area (Å²) in [6.07, 6.45) is 6.40. The van der Waals surface area contributed by atoms with Gasteiger partial charge in [0.05, 0.1) is 10.4 Å². The van der Waals surface area contributed by atoms with Crippen molar-refractivity contribution in [3.8, 4) is 0 Å². The molecule has 0 saturated heterocycles. The van der Waals surface area contributed by atoms with Crippen molar-refractivity contribution in [3.63, 3.8) is 0 Å². The molecule has 1 saturated carbocycles. The third kappa shape index (κ3) is 3.04. The van der Waals surface area contributed by atoms with Gasteiger partial charge < -0.3 is 5.11 Å². The summed E-state index contributed by atoms with van der Waals surface area (Å²) in [5.41, 5.74) is 1.84. The number of thiazole rings is 1. The molecule has 1 fully saturated rings. The molecule has 1 N–H and O–H groups in total. The van der Waals surface area contributed by atoms with Crippen LogP contribution in [0.3, 0.4) is 0 Å². The van der Waals surface area contributed by atoms with Crippen LogP contribution in [0.2, 0.25) is 0 Å². The highest BCUT2D eigenvalue weighted by atomic mass is 32.1. The van der Waals surface area contributed by atoms with Crippen molar-refractivity contribution in [1.82, 2.24) is 9.88 Å². The molecule has 0 unspecified atom stereocenters. The fourth-order valence-electron chi connectivity index (χ4n) is 2.43. The number of carboxylic acid groups (broad SMARTS) is 1. The molecule has 0 bridgehead atoms. The molecule has 5 heteroatoms. The van der Waals surface area contributed by atoms with Crippen LogP contribution in [0.1, 0.15) is 47.5 Å². The monoisotopic (exact) mass is 254 g/mol. The van der Waals surface area contributed by atoms with Crippen LogP contribution in [0.15, 0.2) is 5.51 Å². The summed E-state index contributed by atoms with van der Waals surface area (Å²) in [5, 5.41) is 9.00. The summed E-state index contributed by atoms with van der Waals surface area (Å²) in [6.45, 7) is 0.705. The zero-order valence-electron chi connectivity index (χ0n) is 10.1. The fraction of sp³-hybridized carbons (Fsp3) is 0.667. The Morgan fingerprint density at radius 2 is 2.24 bits per heavy atom. The van der Waals surface area contributed by atoms with E-state index in [9.17, 15) is 4.79 Å². The van der Waals surface area contributed by atoms with E-state index in [1.165, 1.54) is 43.4 Å². The zero-order valence-corrected chi connectivity index (χ0v) is 10.9. The second-order valence-corrected chi connectivity index (χ2v) is 5.58. The van der Waals surface area contributed by atoms with E-state index in [0.29, 0.717) is 12.6 Å². The maximum Gasteiger partial charge on any atom is 0.355 e. The Bertz CT molecular complexity index is 386. The van der Waals surface area contributed by atoms with E-state index < -0.39 is 5.97 Å². The van der Waals surface area contributed by atoms with Crippen molar-refractivity contribution in [2.45, 2.75) is 44.7 Å². The number of hydrogen-bond acceptors (Lipinski definition) is 4. The van der Waals surface area contributed by atoms with Crippen molar-refractivity contribution < 1.29 is 9.90 Å². The van der Waals surface area contributed by atoms with Gasteiger partial charge in [-0.3, -0.25) is 4.90 Å². The van der Waals surface area contributed by atoms with E-state index in [4.69, 9.17) is 5.11 Å². The van der Waals surface area contributed by atoms with Gasteiger partial charge in [0.25, 0.3) is 0 Å². The predicted octanol–water partition coefficient (Wildman–Crippen LogP) is 2.61. The zero-order chi connectivity index (χ0) is 12.3. The number of aromatic carboxylic acids is 1. The third-order valence-electron chi connectivity index (χ3n) is 3.43. The van der Waals surface area contributed by atoms with Crippen LogP contribution in [0.5, 0.6) is 0 Å². The third-order valence-corrected chi connectivity index (χ3v) is 4.25. The minimum atomic E-state index is -0.918. The molecule has 1 aliphatic carbocycles. The van der Waals surface area contributed by atoms with Crippen molar-refractivity contribution in [3.05, 3.63) is 16.1 Å². The lowest BCUT2D eigenvalue weighted by molar-refractivity contribution is 0.0688. The molecule has 1 aliphatic rings. The lowest BCUT2D eigenvalue weighted by Gasteiger charge is -2.30. The molecule has 1 aromatic rings. The number of carbonyl (C=O) groups is 1. The first kappa shape index (κ1) is 12.5. The van der Waals surface area contributed by atoms with Gasteiger partial charge in [-0.1, -0.05) is 19.3 Å². The number of carboxylic acids is 1.